The fourth-order valence-electron chi connectivity index (χ4n) is 2.14. The first kappa shape index (κ1) is 15.2. The molecule has 0 aliphatic rings. The lowest BCUT2D eigenvalue weighted by Crippen LogP contribution is -2.17. The van der Waals surface area contributed by atoms with Gasteiger partial charge in [-0.05, 0) is 31.2 Å². The highest BCUT2D eigenvalue weighted by molar-refractivity contribution is 5.89. The van der Waals surface area contributed by atoms with Gasteiger partial charge in [0.25, 0.3) is 0 Å². The second-order valence-corrected chi connectivity index (χ2v) is 5.15. The Hall–Kier alpha value is -2.73. The van der Waals surface area contributed by atoms with Crippen molar-refractivity contribution in [3.63, 3.8) is 0 Å². The number of carbonyl (C=O) groups is 1. The maximum Gasteiger partial charge on any atom is 0.339 e. The predicted octanol–water partition coefficient (Wildman–Crippen LogP) is 2.61. The zero-order valence-electron chi connectivity index (χ0n) is 13.0. The molecule has 1 aromatic carbocycles. The molecule has 0 saturated heterocycles. The van der Waals surface area contributed by atoms with E-state index in [0.29, 0.717) is 11.4 Å². The van der Waals surface area contributed by atoms with E-state index in [0.717, 1.165) is 11.0 Å². The first-order valence-electron chi connectivity index (χ1n) is 7.27. The zero-order valence-corrected chi connectivity index (χ0v) is 13.0. The smallest absolute Gasteiger partial charge is 0.339 e. The summed E-state index contributed by atoms with van der Waals surface area (Å²) in [5.41, 5.74) is 2.26. The van der Waals surface area contributed by atoms with E-state index in [1.54, 1.807) is 25.6 Å². The fourth-order valence-corrected chi connectivity index (χ4v) is 2.14. The van der Waals surface area contributed by atoms with Gasteiger partial charge in [-0.25, -0.2) is 14.8 Å². The van der Waals surface area contributed by atoms with Gasteiger partial charge in [0, 0.05) is 13.3 Å². The lowest BCUT2D eigenvalue weighted by molar-refractivity contribution is 0.0169. The number of carbonyl (C=O) groups excluding carboxylic acids is 1. The van der Waals surface area contributed by atoms with Crippen LogP contribution in [0, 0.1) is 0 Å². The van der Waals surface area contributed by atoms with Crippen molar-refractivity contribution in [2.75, 3.05) is 13.7 Å². The molecule has 0 radical (unpaired) electrons. The number of ether oxygens (including phenoxy) is 2. The Labute approximate surface area is 133 Å². The summed E-state index contributed by atoms with van der Waals surface area (Å²) in [4.78, 5) is 20.6. The number of imidazole rings is 1. The van der Waals surface area contributed by atoms with E-state index in [4.69, 9.17) is 9.47 Å². The molecule has 1 unspecified atom stereocenters. The number of nitrogens with zero attached hydrogens (tertiary/aromatic N) is 3. The van der Waals surface area contributed by atoms with Crippen LogP contribution in [0.4, 0.5) is 0 Å². The average Bonchev–Trinajstić information content (AvgIpc) is 3.03. The van der Waals surface area contributed by atoms with Gasteiger partial charge in [0.1, 0.15) is 18.8 Å². The topological polar surface area (TPSA) is 66.2 Å². The molecule has 0 N–H and O–H groups in total. The molecule has 0 fully saturated rings. The van der Waals surface area contributed by atoms with Gasteiger partial charge in [0.15, 0.2) is 0 Å². The molecule has 0 saturated carbocycles. The van der Waals surface area contributed by atoms with Gasteiger partial charge in [-0.2, -0.15) is 0 Å². The highest BCUT2D eigenvalue weighted by atomic mass is 16.6. The van der Waals surface area contributed by atoms with Gasteiger partial charge in [-0.15, -0.1) is 0 Å². The Morgan fingerprint density at radius 2 is 2.04 bits per heavy atom. The van der Waals surface area contributed by atoms with E-state index in [1.807, 2.05) is 35.8 Å². The van der Waals surface area contributed by atoms with Gasteiger partial charge >= 0.3 is 5.97 Å². The minimum atomic E-state index is -0.413. The van der Waals surface area contributed by atoms with Crippen LogP contribution in [0.15, 0.2) is 48.9 Å². The van der Waals surface area contributed by atoms with Gasteiger partial charge in [0.2, 0.25) is 0 Å². The summed E-state index contributed by atoms with van der Waals surface area (Å²) in [5.74, 6) is 0.281. The van der Waals surface area contributed by atoms with Crippen molar-refractivity contribution in [3.05, 3.63) is 54.5 Å². The molecule has 3 rings (SSSR count). The summed E-state index contributed by atoms with van der Waals surface area (Å²) in [6.45, 7) is 2.04. The molecular formula is C17H17N3O3. The number of benzene rings is 1. The fraction of sp³-hybridized carbons (Fsp3) is 0.235. The standard InChI is InChI=1S/C17H17N3O3/c1-12(22-2)10-23-17(21)13-7-8-16(18-9-13)20-11-19-14-5-3-4-6-15(14)20/h3-9,11-12H,10H2,1-2H3. The molecule has 23 heavy (non-hydrogen) atoms. The molecule has 118 valence electrons. The maximum atomic E-state index is 11.9. The summed E-state index contributed by atoms with van der Waals surface area (Å²) in [5, 5.41) is 0. The van der Waals surface area contributed by atoms with Crippen molar-refractivity contribution >= 4 is 17.0 Å². The number of aromatic nitrogens is 3. The predicted molar refractivity (Wildman–Crippen MR) is 85.6 cm³/mol. The van der Waals surface area contributed by atoms with Crippen molar-refractivity contribution in [2.24, 2.45) is 0 Å². The lowest BCUT2D eigenvalue weighted by atomic mass is 10.3. The Balaban J connectivity index is 1.78. The summed E-state index contributed by atoms with van der Waals surface area (Å²) < 4.78 is 12.1. The first-order chi connectivity index (χ1) is 11.2. The van der Waals surface area contributed by atoms with Gasteiger partial charge in [0.05, 0.1) is 22.7 Å². The van der Waals surface area contributed by atoms with Crippen molar-refractivity contribution in [3.8, 4) is 5.82 Å². The number of hydrogen-bond acceptors (Lipinski definition) is 5. The minimum absolute atomic E-state index is 0.136. The minimum Gasteiger partial charge on any atom is -0.459 e. The third-order valence-electron chi connectivity index (χ3n) is 3.54. The molecule has 0 amide bonds. The van der Waals surface area contributed by atoms with Crippen molar-refractivity contribution < 1.29 is 14.3 Å². The normalized spacial score (nSPS) is 12.3. The largest absolute Gasteiger partial charge is 0.459 e. The highest BCUT2D eigenvalue weighted by Gasteiger charge is 2.11. The lowest BCUT2D eigenvalue weighted by Gasteiger charge is -2.10. The maximum absolute atomic E-state index is 11.9. The van der Waals surface area contributed by atoms with Crippen LogP contribution in [0.3, 0.4) is 0 Å². The molecule has 2 heterocycles. The van der Waals surface area contributed by atoms with E-state index >= 15 is 0 Å². The molecule has 3 aromatic rings. The van der Waals surface area contributed by atoms with E-state index in [9.17, 15) is 4.79 Å². The summed E-state index contributed by atoms with van der Waals surface area (Å²) in [6, 6.07) is 11.3. The van der Waals surface area contributed by atoms with E-state index in [1.165, 1.54) is 6.20 Å². The Kier molecular flexibility index (Phi) is 4.34. The number of para-hydroxylation sites is 2. The third kappa shape index (κ3) is 3.22. The number of methoxy groups -OCH3 is 1. The summed E-state index contributed by atoms with van der Waals surface area (Å²) in [7, 11) is 1.57. The van der Waals surface area contributed by atoms with Crippen LogP contribution in [0.5, 0.6) is 0 Å². The molecule has 0 aliphatic carbocycles. The van der Waals surface area contributed by atoms with Crippen LogP contribution in [0.1, 0.15) is 17.3 Å². The van der Waals surface area contributed by atoms with E-state index in [-0.39, 0.29) is 12.7 Å². The number of pyridine rings is 1. The van der Waals surface area contributed by atoms with Gasteiger partial charge < -0.3 is 9.47 Å². The average molecular weight is 311 g/mol. The zero-order chi connectivity index (χ0) is 16.2. The summed E-state index contributed by atoms with van der Waals surface area (Å²) >= 11 is 0. The molecular weight excluding hydrogens is 294 g/mol. The van der Waals surface area contributed by atoms with Crippen LogP contribution in [0.25, 0.3) is 16.9 Å². The second kappa shape index (κ2) is 6.58. The molecule has 1 atom stereocenters. The molecule has 6 heteroatoms. The molecule has 0 spiro atoms. The molecule has 0 bridgehead atoms. The molecule has 2 aromatic heterocycles. The van der Waals surface area contributed by atoms with Crippen LogP contribution in [-0.2, 0) is 9.47 Å². The molecule has 0 aliphatic heterocycles. The van der Waals surface area contributed by atoms with E-state index in [2.05, 4.69) is 9.97 Å². The van der Waals surface area contributed by atoms with Crippen LogP contribution < -0.4 is 0 Å². The number of hydrogen-bond donors (Lipinski definition) is 0. The number of fused-ring (bicyclic) bond motifs is 1. The van der Waals surface area contributed by atoms with Crippen molar-refractivity contribution in [2.45, 2.75) is 13.0 Å². The highest BCUT2D eigenvalue weighted by Crippen LogP contribution is 2.16. The first-order valence-corrected chi connectivity index (χ1v) is 7.27. The number of esters is 1. The number of rotatable bonds is 5. The quantitative estimate of drug-likeness (QED) is 0.678. The van der Waals surface area contributed by atoms with Crippen molar-refractivity contribution in [1.29, 1.82) is 0 Å². The Bertz CT molecular complexity index is 811. The van der Waals surface area contributed by atoms with Crippen LogP contribution >= 0.6 is 0 Å². The van der Waals surface area contributed by atoms with Crippen LogP contribution in [-0.4, -0.2) is 40.3 Å². The van der Waals surface area contributed by atoms with E-state index < -0.39 is 5.97 Å². The van der Waals surface area contributed by atoms with Crippen LogP contribution in [0.2, 0.25) is 0 Å². The van der Waals surface area contributed by atoms with Crippen molar-refractivity contribution in [1.82, 2.24) is 14.5 Å². The monoisotopic (exact) mass is 311 g/mol. The third-order valence-corrected chi connectivity index (χ3v) is 3.54. The Morgan fingerprint density at radius 1 is 1.22 bits per heavy atom. The van der Waals surface area contributed by atoms with Gasteiger partial charge in [-0.1, -0.05) is 12.1 Å². The molecule has 6 nitrogen and oxygen atoms in total. The van der Waals surface area contributed by atoms with Gasteiger partial charge in [-0.3, -0.25) is 4.57 Å². The second-order valence-electron chi connectivity index (χ2n) is 5.15. The summed E-state index contributed by atoms with van der Waals surface area (Å²) in [6.07, 6.45) is 3.08. The SMILES string of the molecule is COC(C)COC(=O)c1ccc(-n2cnc3ccccc32)nc1. The Morgan fingerprint density at radius 3 is 2.78 bits per heavy atom.